The van der Waals surface area contributed by atoms with Crippen LogP contribution in [0.5, 0.6) is 0 Å². The monoisotopic (exact) mass is 230 g/mol. The van der Waals surface area contributed by atoms with E-state index in [1.807, 2.05) is 25.1 Å². The minimum Gasteiger partial charge on any atom is -0.429 e. The number of cyclic esters (lactones) is 1. The largest absolute Gasteiger partial charge is 0.429 e. The number of esters is 1. The molecule has 0 aliphatic carbocycles. The molecule has 1 fully saturated rings. The van der Waals surface area contributed by atoms with Crippen LogP contribution in [0.1, 0.15) is 32.8 Å². The molecule has 0 spiro atoms. The zero-order valence-electron chi connectivity index (χ0n) is 10.6. The Kier molecular flexibility index (Phi) is 3.32. The van der Waals surface area contributed by atoms with Gasteiger partial charge in [-0.1, -0.05) is 44.2 Å². The van der Waals surface area contributed by atoms with E-state index in [9.17, 15) is 4.79 Å². The van der Waals surface area contributed by atoms with Gasteiger partial charge in [-0.25, -0.2) is 0 Å². The van der Waals surface area contributed by atoms with Crippen LogP contribution in [0.25, 0.3) is 5.57 Å². The van der Waals surface area contributed by atoms with Crippen LogP contribution in [-0.2, 0) is 9.53 Å². The number of hydrogen-bond donors (Lipinski definition) is 0. The Hall–Kier alpha value is -1.57. The Labute approximate surface area is 102 Å². The Balaban J connectivity index is 2.36. The normalized spacial score (nSPS) is 22.1. The molecule has 0 N–H and O–H groups in total. The molecule has 0 bridgehead atoms. The lowest BCUT2D eigenvalue weighted by Gasteiger charge is -2.28. The zero-order chi connectivity index (χ0) is 12.4. The van der Waals surface area contributed by atoms with Crippen LogP contribution in [0.3, 0.4) is 0 Å². The molecule has 1 aromatic carbocycles. The summed E-state index contributed by atoms with van der Waals surface area (Å²) in [6.07, 6.45) is 0.941. The summed E-state index contributed by atoms with van der Waals surface area (Å²) >= 11 is 0. The molecule has 17 heavy (non-hydrogen) atoms. The topological polar surface area (TPSA) is 26.3 Å². The van der Waals surface area contributed by atoms with E-state index in [1.54, 1.807) is 0 Å². The van der Waals surface area contributed by atoms with E-state index < -0.39 is 0 Å². The fourth-order valence-electron chi connectivity index (χ4n) is 2.07. The molecular weight excluding hydrogens is 212 g/mol. The molecule has 2 nitrogen and oxygen atoms in total. The highest BCUT2D eigenvalue weighted by Crippen LogP contribution is 2.36. The first-order valence-electron chi connectivity index (χ1n) is 6.09. The summed E-state index contributed by atoms with van der Waals surface area (Å²) in [4.78, 5) is 11.2. The van der Waals surface area contributed by atoms with Gasteiger partial charge in [0.25, 0.3) is 0 Å². The number of rotatable bonds is 3. The predicted octanol–water partition coefficient (Wildman–Crippen LogP) is 3.64. The van der Waals surface area contributed by atoms with Crippen LogP contribution < -0.4 is 0 Å². The highest BCUT2D eigenvalue weighted by atomic mass is 16.6. The first kappa shape index (κ1) is 11.9. The fourth-order valence-corrected chi connectivity index (χ4v) is 2.07. The van der Waals surface area contributed by atoms with Crippen molar-refractivity contribution in [2.24, 2.45) is 11.8 Å². The third kappa shape index (κ3) is 2.41. The third-order valence-electron chi connectivity index (χ3n) is 2.99. The van der Waals surface area contributed by atoms with Gasteiger partial charge >= 0.3 is 5.97 Å². The lowest BCUT2D eigenvalue weighted by Crippen LogP contribution is -2.31. The number of benzene rings is 1. The molecule has 1 aliphatic heterocycles. The van der Waals surface area contributed by atoms with Gasteiger partial charge in [-0.2, -0.15) is 0 Å². The molecular formula is C15H18O2. The summed E-state index contributed by atoms with van der Waals surface area (Å²) in [6.45, 7) is 6.26. The minimum absolute atomic E-state index is 0.0797. The Morgan fingerprint density at radius 2 is 1.94 bits per heavy atom. The van der Waals surface area contributed by atoms with Crippen LogP contribution in [0.15, 0.2) is 36.1 Å². The van der Waals surface area contributed by atoms with Crippen LogP contribution in [-0.4, -0.2) is 5.97 Å². The lowest BCUT2D eigenvalue weighted by molar-refractivity contribution is -0.155. The van der Waals surface area contributed by atoms with Gasteiger partial charge in [0.15, 0.2) is 0 Å². The van der Waals surface area contributed by atoms with Gasteiger partial charge in [-0.15, -0.1) is 0 Å². The molecule has 2 heteroatoms. The highest BCUT2D eigenvalue weighted by Gasteiger charge is 2.36. The summed E-state index contributed by atoms with van der Waals surface area (Å²) in [5.74, 6) is 1.21. The standard InChI is InChI=1S/C15H18O2/c1-10(2)9-13(12-7-5-4-6-8-12)14-11(3)15(16)17-14/h4-8,10-11H,9H2,1-3H3/b14-13+/t11-/m1/s1. The maximum atomic E-state index is 11.2. The summed E-state index contributed by atoms with van der Waals surface area (Å²) in [5, 5.41) is 0. The zero-order valence-corrected chi connectivity index (χ0v) is 10.6. The van der Waals surface area contributed by atoms with E-state index in [1.165, 1.54) is 5.57 Å². The number of carbonyl (C=O) groups is 1. The molecule has 2 rings (SSSR count). The van der Waals surface area contributed by atoms with Crippen molar-refractivity contribution in [1.82, 2.24) is 0 Å². The smallest absolute Gasteiger partial charge is 0.321 e. The van der Waals surface area contributed by atoms with Gasteiger partial charge < -0.3 is 4.74 Å². The maximum absolute atomic E-state index is 11.2. The average Bonchev–Trinajstić information content (AvgIpc) is 2.34. The van der Waals surface area contributed by atoms with Crippen LogP contribution in [0, 0.1) is 11.8 Å². The van der Waals surface area contributed by atoms with Crippen molar-refractivity contribution < 1.29 is 9.53 Å². The third-order valence-corrected chi connectivity index (χ3v) is 2.99. The molecule has 1 saturated heterocycles. The number of ether oxygens (including phenoxy) is 1. The molecule has 1 atom stereocenters. The van der Waals surface area contributed by atoms with Crippen molar-refractivity contribution in [3.8, 4) is 0 Å². The second-order valence-corrected chi connectivity index (χ2v) is 4.95. The second kappa shape index (κ2) is 4.74. The van der Waals surface area contributed by atoms with E-state index in [4.69, 9.17) is 4.74 Å². The van der Waals surface area contributed by atoms with E-state index in [0.29, 0.717) is 5.92 Å². The van der Waals surface area contributed by atoms with Crippen molar-refractivity contribution in [2.75, 3.05) is 0 Å². The molecule has 0 saturated carbocycles. The quantitative estimate of drug-likeness (QED) is 0.741. The van der Waals surface area contributed by atoms with Gasteiger partial charge in [0.2, 0.25) is 0 Å². The molecule has 0 radical (unpaired) electrons. The fraction of sp³-hybridized carbons (Fsp3) is 0.400. The number of allylic oxidation sites excluding steroid dienone is 1. The highest BCUT2D eigenvalue weighted by molar-refractivity contribution is 5.88. The molecule has 1 aliphatic rings. The Morgan fingerprint density at radius 3 is 2.41 bits per heavy atom. The Morgan fingerprint density at radius 1 is 1.29 bits per heavy atom. The summed E-state index contributed by atoms with van der Waals surface area (Å²) in [5.41, 5.74) is 2.34. The van der Waals surface area contributed by atoms with E-state index in [0.717, 1.165) is 17.7 Å². The number of carbonyl (C=O) groups excluding carboxylic acids is 1. The first-order chi connectivity index (χ1) is 8.09. The molecule has 90 valence electrons. The van der Waals surface area contributed by atoms with Crippen molar-refractivity contribution >= 4 is 11.5 Å². The van der Waals surface area contributed by atoms with Crippen molar-refractivity contribution in [3.63, 3.8) is 0 Å². The molecule has 1 aromatic rings. The molecule has 0 unspecified atom stereocenters. The maximum Gasteiger partial charge on any atom is 0.321 e. The van der Waals surface area contributed by atoms with Crippen molar-refractivity contribution in [2.45, 2.75) is 27.2 Å². The SMILES string of the molecule is CC(C)C/C(=C1\OC(=O)[C@@H]1C)c1ccccc1. The average molecular weight is 230 g/mol. The van der Waals surface area contributed by atoms with Gasteiger partial charge in [0.05, 0.1) is 0 Å². The van der Waals surface area contributed by atoms with E-state index in [2.05, 4.69) is 26.0 Å². The molecule has 0 amide bonds. The summed E-state index contributed by atoms with van der Waals surface area (Å²) < 4.78 is 5.21. The first-order valence-corrected chi connectivity index (χ1v) is 6.09. The molecule has 1 heterocycles. The predicted molar refractivity (Wildman–Crippen MR) is 68.1 cm³/mol. The van der Waals surface area contributed by atoms with Crippen LogP contribution in [0.2, 0.25) is 0 Å². The van der Waals surface area contributed by atoms with Gasteiger partial charge in [0.1, 0.15) is 11.7 Å². The van der Waals surface area contributed by atoms with Gasteiger partial charge in [0, 0.05) is 0 Å². The van der Waals surface area contributed by atoms with Crippen molar-refractivity contribution in [1.29, 1.82) is 0 Å². The molecule has 0 aromatic heterocycles. The van der Waals surface area contributed by atoms with Crippen molar-refractivity contribution in [3.05, 3.63) is 41.7 Å². The van der Waals surface area contributed by atoms with Gasteiger partial charge in [-0.3, -0.25) is 4.79 Å². The van der Waals surface area contributed by atoms with Crippen LogP contribution >= 0.6 is 0 Å². The van der Waals surface area contributed by atoms with Gasteiger partial charge in [-0.05, 0) is 30.4 Å². The summed E-state index contributed by atoms with van der Waals surface area (Å²) in [7, 11) is 0. The van der Waals surface area contributed by atoms with E-state index >= 15 is 0 Å². The van der Waals surface area contributed by atoms with Crippen LogP contribution in [0.4, 0.5) is 0 Å². The summed E-state index contributed by atoms with van der Waals surface area (Å²) in [6, 6.07) is 10.2. The Bertz CT molecular complexity index is 443. The lowest BCUT2D eigenvalue weighted by atomic mass is 9.89. The van der Waals surface area contributed by atoms with E-state index in [-0.39, 0.29) is 11.9 Å². The number of hydrogen-bond acceptors (Lipinski definition) is 2. The second-order valence-electron chi connectivity index (χ2n) is 4.95. The minimum atomic E-state index is -0.114.